The van der Waals surface area contributed by atoms with Crippen molar-refractivity contribution in [3.05, 3.63) is 16.3 Å². The van der Waals surface area contributed by atoms with E-state index in [0.29, 0.717) is 5.01 Å². The molecule has 0 radical (unpaired) electrons. The van der Waals surface area contributed by atoms with E-state index >= 15 is 0 Å². The summed E-state index contributed by atoms with van der Waals surface area (Å²) in [4.78, 5) is 14.3. The molecule has 11 heavy (non-hydrogen) atoms. The second-order valence-corrected chi connectivity index (χ2v) is 2.88. The van der Waals surface area contributed by atoms with Gasteiger partial charge in [0.2, 0.25) is 0 Å². The summed E-state index contributed by atoms with van der Waals surface area (Å²) < 4.78 is 16.7. The van der Waals surface area contributed by atoms with Crippen molar-refractivity contribution < 1.29 is 13.9 Å². The Morgan fingerprint density at radius 2 is 2.64 bits per heavy atom. The number of esters is 1. The van der Waals surface area contributed by atoms with E-state index in [4.69, 9.17) is 0 Å². The zero-order valence-corrected chi connectivity index (χ0v) is 6.65. The minimum absolute atomic E-state index is 0.0467. The molecule has 0 fully saturated rings. The Bertz CT molecular complexity index is 261. The van der Waals surface area contributed by atoms with Gasteiger partial charge in [-0.15, -0.1) is 0 Å². The van der Waals surface area contributed by atoms with E-state index in [2.05, 4.69) is 9.72 Å². The number of aromatic nitrogens is 1. The highest BCUT2D eigenvalue weighted by molar-refractivity contribution is 7.10. The van der Waals surface area contributed by atoms with Crippen LogP contribution in [0.2, 0.25) is 0 Å². The van der Waals surface area contributed by atoms with Crippen LogP contribution in [0.15, 0.2) is 6.20 Å². The highest BCUT2D eigenvalue weighted by Crippen LogP contribution is 2.10. The average Bonchev–Trinajstić information content (AvgIpc) is 2.35. The molecule has 0 bridgehead atoms. The maximum Gasteiger partial charge on any atom is 0.312 e. The van der Waals surface area contributed by atoms with Crippen molar-refractivity contribution in [1.82, 2.24) is 4.98 Å². The number of carbonyl (C=O) groups is 1. The third-order valence-electron chi connectivity index (χ3n) is 1.05. The minimum Gasteiger partial charge on any atom is -0.469 e. The van der Waals surface area contributed by atoms with Crippen molar-refractivity contribution in [2.75, 3.05) is 7.11 Å². The van der Waals surface area contributed by atoms with Gasteiger partial charge in [0.25, 0.3) is 0 Å². The fourth-order valence-corrected chi connectivity index (χ4v) is 1.19. The Balaban J connectivity index is 2.57. The van der Waals surface area contributed by atoms with Gasteiger partial charge in [0.1, 0.15) is 5.01 Å². The van der Waals surface area contributed by atoms with Gasteiger partial charge < -0.3 is 4.74 Å². The van der Waals surface area contributed by atoms with Crippen molar-refractivity contribution in [2.24, 2.45) is 0 Å². The summed E-state index contributed by atoms with van der Waals surface area (Å²) >= 11 is 0.853. The summed E-state index contributed by atoms with van der Waals surface area (Å²) in [5.74, 6) is -0.403. The Kier molecular flexibility index (Phi) is 2.53. The first-order chi connectivity index (χ1) is 5.22. The highest BCUT2D eigenvalue weighted by Gasteiger charge is 2.06. The monoisotopic (exact) mass is 175 g/mol. The molecule has 0 saturated heterocycles. The number of halogens is 1. The molecular weight excluding hydrogens is 169 g/mol. The number of nitrogens with zero attached hydrogens (tertiary/aromatic N) is 1. The van der Waals surface area contributed by atoms with Gasteiger partial charge in [-0.25, -0.2) is 4.98 Å². The fraction of sp³-hybridized carbons (Fsp3) is 0.333. The summed E-state index contributed by atoms with van der Waals surface area (Å²) in [5, 5.41) is 0.0539. The summed E-state index contributed by atoms with van der Waals surface area (Å²) in [6.07, 6.45) is 1.13. The molecule has 0 N–H and O–H groups in total. The normalized spacial score (nSPS) is 9.64. The molecule has 0 unspecified atom stereocenters. The van der Waals surface area contributed by atoms with Gasteiger partial charge in [-0.05, 0) is 0 Å². The molecular formula is C6H6FNO2S. The number of methoxy groups -OCH3 is 1. The number of ether oxygens (including phenoxy) is 1. The van der Waals surface area contributed by atoms with Crippen molar-refractivity contribution >= 4 is 17.3 Å². The number of hydrogen-bond acceptors (Lipinski definition) is 4. The fourth-order valence-electron chi connectivity index (χ4n) is 0.565. The first kappa shape index (κ1) is 8.13. The summed E-state index contributed by atoms with van der Waals surface area (Å²) in [7, 11) is 1.28. The second-order valence-electron chi connectivity index (χ2n) is 1.81. The first-order valence-electron chi connectivity index (χ1n) is 2.89. The maximum atomic E-state index is 12.3. The molecule has 60 valence electrons. The van der Waals surface area contributed by atoms with Crippen LogP contribution in [0.1, 0.15) is 5.01 Å². The molecule has 5 heteroatoms. The van der Waals surface area contributed by atoms with Gasteiger partial charge in [-0.2, -0.15) is 4.39 Å². The van der Waals surface area contributed by atoms with E-state index in [1.807, 2.05) is 0 Å². The Morgan fingerprint density at radius 1 is 1.91 bits per heavy atom. The Morgan fingerprint density at radius 3 is 3.09 bits per heavy atom. The average molecular weight is 175 g/mol. The smallest absolute Gasteiger partial charge is 0.312 e. The van der Waals surface area contributed by atoms with Gasteiger partial charge in [-0.3, -0.25) is 4.79 Å². The summed E-state index contributed by atoms with van der Waals surface area (Å²) in [6.45, 7) is 0. The van der Waals surface area contributed by atoms with Crippen molar-refractivity contribution in [3.8, 4) is 0 Å². The van der Waals surface area contributed by atoms with Gasteiger partial charge in [0.15, 0.2) is 5.13 Å². The molecule has 0 saturated carbocycles. The number of carbonyl (C=O) groups excluding carboxylic acids is 1. The van der Waals surface area contributed by atoms with Crippen molar-refractivity contribution in [2.45, 2.75) is 6.42 Å². The van der Waals surface area contributed by atoms with Crippen molar-refractivity contribution in [3.63, 3.8) is 0 Å². The highest BCUT2D eigenvalue weighted by atomic mass is 32.1. The lowest BCUT2D eigenvalue weighted by Crippen LogP contribution is -2.03. The first-order valence-corrected chi connectivity index (χ1v) is 3.71. The topological polar surface area (TPSA) is 39.2 Å². The maximum absolute atomic E-state index is 12.3. The molecule has 0 spiro atoms. The lowest BCUT2D eigenvalue weighted by atomic mass is 10.5. The number of hydrogen-bond donors (Lipinski definition) is 0. The summed E-state index contributed by atoms with van der Waals surface area (Å²) in [6, 6.07) is 0. The Labute approximate surface area is 66.8 Å². The Hall–Kier alpha value is -0.970. The number of thiazole rings is 1. The largest absolute Gasteiger partial charge is 0.469 e. The van der Waals surface area contributed by atoms with Crippen LogP contribution in [0.5, 0.6) is 0 Å². The SMILES string of the molecule is COC(=O)Cc1ncc(F)s1. The predicted molar refractivity (Wildman–Crippen MR) is 37.8 cm³/mol. The van der Waals surface area contributed by atoms with Crippen LogP contribution in [-0.2, 0) is 16.0 Å². The molecule has 3 nitrogen and oxygen atoms in total. The van der Waals surface area contributed by atoms with Crippen molar-refractivity contribution in [1.29, 1.82) is 0 Å². The quantitative estimate of drug-likeness (QED) is 0.629. The zero-order chi connectivity index (χ0) is 8.27. The zero-order valence-electron chi connectivity index (χ0n) is 5.83. The minimum atomic E-state index is -0.403. The van der Waals surface area contributed by atoms with Gasteiger partial charge in [-0.1, -0.05) is 11.3 Å². The second kappa shape index (κ2) is 3.43. The van der Waals surface area contributed by atoms with E-state index in [9.17, 15) is 9.18 Å². The van der Waals surface area contributed by atoms with E-state index < -0.39 is 5.97 Å². The predicted octanol–water partition coefficient (Wildman–Crippen LogP) is 0.998. The molecule has 0 aliphatic carbocycles. The molecule has 0 aliphatic heterocycles. The van der Waals surface area contributed by atoms with E-state index in [1.165, 1.54) is 7.11 Å². The molecule has 1 heterocycles. The molecule has 0 atom stereocenters. The van der Waals surface area contributed by atoms with Crippen LogP contribution in [0.25, 0.3) is 0 Å². The van der Waals surface area contributed by atoms with Crippen LogP contribution in [-0.4, -0.2) is 18.1 Å². The molecule has 0 amide bonds. The third-order valence-corrected chi connectivity index (χ3v) is 1.83. The summed E-state index contributed by atoms with van der Waals surface area (Å²) in [5.41, 5.74) is 0. The van der Waals surface area contributed by atoms with Crippen LogP contribution in [0.4, 0.5) is 4.39 Å². The van der Waals surface area contributed by atoms with Crippen LogP contribution >= 0.6 is 11.3 Å². The van der Waals surface area contributed by atoms with Gasteiger partial charge in [0, 0.05) is 0 Å². The van der Waals surface area contributed by atoms with Crippen LogP contribution in [0.3, 0.4) is 0 Å². The lowest BCUT2D eigenvalue weighted by Gasteiger charge is -1.92. The van der Waals surface area contributed by atoms with Crippen LogP contribution < -0.4 is 0 Å². The number of rotatable bonds is 2. The van der Waals surface area contributed by atoms with E-state index in [-0.39, 0.29) is 11.6 Å². The molecule has 1 rings (SSSR count). The molecule has 1 aromatic rings. The lowest BCUT2D eigenvalue weighted by molar-refractivity contribution is -0.139. The molecule has 0 aliphatic rings. The van der Waals surface area contributed by atoms with Gasteiger partial charge in [0.05, 0.1) is 19.7 Å². The molecule has 0 aromatic carbocycles. The van der Waals surface area contributed by atoms with Crippen LogP contribution in [0, 0.1) is 5.13 Å². The van der Waals surface area contributed by atoms with E-state index in [0.717, 1.165) is 17.5 Å². The standard InChI is InChI=1S/C6H6FNO2S/c1-10-6(9)2-5-8-3-4(7)11-5/h3H,2H2,1H3. The van der Waals surface area contributed by atoms with Gasteiger partial charge >= 0.3 is 5.97 Å². The third kappa shape index (κ3) is 2.27. The van der Waals surface area contributed by atoms with E-state index in [1.54, 1.807) is 0 Å². The molecule has 1 aromatic heterocycles.